The predicted octanol–water partition coefficient (Wildman–Crippen LogP) is 4.33. The molecule has 33 heavy (non-hydrogen) atoms. The summed E-state index contributed by atoms with van der Waals surface area (Å²) in [6, 6.07) is 14.0. The number of guanidine groups is 1. The fourth-order valence-electron chi connectivity index (χ4n) is 3.27. The third-order valence-electron chi connectivity index (χ3n) is 5.22. The molecule has 0 bridgehead atoms. The average Bonchev–Trinajstić information content (AvgIpc) is 2.83. The summed E-state index contributed by atoms with van der Waals surface area (Å²) in [5.74, 6) is 2.24. The molecule has 1 unspecified atom stereocenters. The van der Waals surface area contributed by atoms with Gasteiger partial charge in [0.1, 0.15) is 19.0 Å². The van der Waals surface area contributed by atoms with Crippen LogP contribution in [0.15, 0.2) is 53.7 Å². The van der Waals surface area contributed by atoms with Gasteiger partial charge >= 0.3 is 0 Å². The van der Waals surface area contributed by atoms with Gasteiger partial charge in [0.15, 0.2) is 5.96 Å². The summed E-state index contributed by atoms with van der Waals surface area (Å²) >= 11 is 0. The van der Waals surface area contributed by atoms with E-state index in [2.05, 4.69) is 46.3 Å². The third-order valence-corrected chi connectivity index (χ3v) is 5.22. The maximum Gasteiger partial charge on any atom is 0.213 e. The zero-order chi connectivity index (χ0) is 23.0. The van der Waals surface area contributed by atoms with Crippen molar-refractivity contribution in [2.45, 2.75) is 46.2 Å². The van der Waals surface area contributed by atoms with Crippen molar-refractivity contribution in [3.05, 3.63) is 54.2 Å². The van der Waals surface area contributed by atoms with Gasteiger partial charge in [0, 0.05) is 31.9 Å². The molecule has 2 rings (SSSR count). The molecule has 0 aliphatic carbocycles. The molecular formula is C25H40IN5O2. The van der Waals surface area contributed by atoms with Crippen LogP contribution >= 0.6 is 24.0 Å². The lowest BCUT2D eigenvalue weighted by Gasteiger charge is -2.21. The van der Waals surface area contributed by atoms with Gasteiger partial charge in [-0.3, -0.25) is 4.99 Å². The standard InChI is InChI=1S/C25H39N5O2.HI/c1-5-30(6-2)16-10-11-21(3)29-25(26-4)28-20-22-14-15-24(27-19-22)32-18-17-31-23-12-8-7-9-13-23;/h7-9,12-15,19,21H,5-6,10-11,16-18,20H2,1-4H3,(H2,26,28,29);1H. The van der Waals surface area contributed by atoms with Crippen molar-refractivity contribution in [1.29, 1.82) is 0 Å². The van der Waals surface area contributed by atoms with E-state index in [0.29, 0.717) is 31.7 Å². The smallest absolute Gasteiger partial charge is 0.213 e. The van der Waals surface area contributed by atoms with E-state index in [1.165, 1.54) is 6.42 Å². The molecule has 1 aromatic carbocycles. The van der Waals surface area contributed by atoms with Gasteiger partial charge in [-0.05, 0) is 57.1 Å². The van der Waals surface area contributed by atoms with Crippen molar-refractivity contribution in [1.82, 2.24) is 20.5 Å². The highest BCUT2D eigenvalue weighted by atomic mass is 127. The maximum absolute atomic E-state index is 5.66. The molecule has 7 nitrogen and oxygen atoms in total. The highest BCUT2D eigenvalue weighted by molar-refractivity contribution is 14.0. The lowest BCUT2D eigenvalue weighted by Crippen LogP contribution is -2.42. The van der Waals surface area contributed by atoms with Gasteiger partial charge in [-0.25, -0.2) is 4.98 Å². The molecule has 1 heterocycles. The van der Waals surface area contributed by atoms with Crippen LogP contribution < -0.4 is 20.1 Å². The van der Waals surface area contributed by atoms with Gasteiger partial charge in [-0.2, -0.15) is 0 Å². The molecule has 0 saturated carbocycles. The Labute approximate surface area is 216 Å². The summed E-state index contributed by atoms with van der Waals surface area (Å²) in [6.45, 7) is 11.6. The second kappa shape index (κ2) is 17.4. The minimum Gasteiger partial charge on any atom is -0.490 e. The van der Waals surface area contributed by atoms with Crippen LogP contribution in [-0.4, -0.2) is 61.8 Å². The first-order valence-corrected chi connectivity index (χ1v) is 11.6. The SMILES string of the molecule is CCN(CC)CCCC(C)NC(=NC)NCc1ccc(OCCOc2ccccc2)nc1.I. The Morgan fingerprint density at radius 2 is 1.79 bits per heavy atom. The summed E-state index contributed by atoms with van der Waals surface area (Å²) in [7, 11) is 1.80. The summed E-state index contributed by atoms with van der Waals surface area (Å²) < 4.78 is 11.3. The second-order valence-corrected chi connectivity index (χ2v) is 7.65. The van der Waals surface area contributed by atoms with Crippen LogP contribution in [0.5, 0.6) is 11.6 Å². The number of aromatic nitrogens is 1. The van der Waals surface area contributed by atoms with Gasteiger partial charge in [-0.1, -0.05) is 38.1 Å². The number of hydrogen-bond acceptors (Lipinski definition) is 5. The second-order valence-electron chi connectivity index (χ2n) is 7.65. The first-order chi connectivity index (χ1) is 15.6. The van der Waals surface area contributed by atoms with E-state index in [4.69, 9.17) is 9.47 Å². The fraction of sp³-hybridized carbons (Fsp3) is 0.520. The highest BCUT2D eigenvalue weighted by Gasteiger charge is 2.07. The summed E-state index contributed by atoms with van der Waals surface area (Å²) in [4.78, 5) is 11.2. The zero-order valence-electron chi connectivity index (χ0n) is 20.4. The monoisotopic (exact) mass is 569 g/mol. The Kier molecular flexibility index (Phi) is 15.3. The first kappa shape index (κ1) is 29.0. The Hall–Kier alpha value is -2.07. The van der Waals surface area contributed by atoms with Crippen LogP contribution in [0, 0.1) is 0 Å². The normalized spacial score (nSPS) is 12.1. The molecule has 0 radical (unpaired) electrons. The van der Waals surface area contributed by atoms with E-state index in [1.807, 2.05) is 48.7 Å². The minimum atomic E-state index is 0. The minimum absolute atomic E-state index is 0. The largest absolute Gasteiger partial charge is 0.490 e. The Morgan fingerprint density at radius 3 is 2.42 bits per heavy atom. The number of nitrogens with one attached hydrogen (secondary N) is 2. The number of hydrogen-bond donors (Lipinski definition) is 2. The first-order valence-electron chi connectivity index (χ1n) is 11.6. The molecule has 1 aromatic heterocycles. The predicted molar refractivity (Wildman–Crippen MR) is 147 cm³/mol. The van der Waals surface area contributed by atoms with Crippen LogP contribution in [0.25, 0.3) is 0 Å². The molecule has 0 aliphatic heterocycles. The Balaban J connectivity index is 0.00000544. The van der Waals surface area contributed by atoms with Crippen LogP contribution in [0.4, 0.5) is 0 Å². The molecule has 2 aromatic rings. The molecule has 2 N–H and O–H groups in total. The lowest BCUT2D eigenvalue weighted by molar-refractivity contribution is 0.212. The van der Waals surface area contributed by atoms with E-state index in [1.54, 1.807) is 7.05 Å². The molecular weight excluding hydrogens is 529 g/mol. The molecule has 0 aliphatic rings. The number of rotatable bonds is 14. The lowest BCUT2D eigenvalue weighted by atomic mass is 10.2. The topological polar surface area (TPSA) is 71.0 Å². The van der Waals surface area contributed by atoms with E-state index in [9.17, 15) is 0 Å². The van der Waals surface area contributed by atoms with Crippen molar-refractivity contribution in [2.75, 3.05) is 39.9 Å². The number of para-hydroxylation sites is 1. The van der Waals surface area contributed by atoms with Crippen LogP contribution in [0.1, 0.15) is 39.2 Å². The van der Waals surface area contributed by atoms with Crippen LogP contribution in [0.2, 0.25) is 0 Å². The third kappa shape index (κ3) is 12.1. The van der Waals surface area contributed by atoms with Gasteiger partial charge in [-0.15, -0.1) is 24.0 Å². The number of halogens is 1. The van der Waals surface area contributed by atoms with E-state index in [-0.39, 0.29) is 24.0 Å². The van der Waals surface area contributed by atoms with Gasteiger partial charge in [0.05, 0.1) is 0 Å². The molecule has 0 saturated heterocycles. The van der Waals surface area contributed by atoms with Gasteiger partial charge in [0.2, 0.25) is 5.88 Å². The van der Waals surface area contributed by atoms with Crippen LogP contribution in [-0.2, 0) is 6.54 Å². The molecule has 8 heteroatoms. The van der Waals surface area contributed by atoms with Crippen molar-refractivity contribution >= 4 is 29.9 Å². The summed E-state index contributed by atoms with van der Waals surface area (Å²) in [6.07, 6.45) is 4.11. The van der Waals surface area contributed by atoms with Crippen molar-refractivity contribution in [3.63, 3.8) is 0 Å². The molecule has 0 spiro atoms. The molecule has 1 atom stereocenters. The van der Waals surface area contributed by atoms with Crippen molar-refractivity contribution in [3.8, 4) is 11.6 Å². The molecule has 0 fully saturated rings. The fourth-order valence-corrected chi connectivity index (χ4v) is 3.27. The number of nitrogens with zero attached hydrogens (tertiary/aromatic N) is 3. The average molecular weight is 570 g/mol. The number of benzene rings is 1. The van der Waals surface area contributed by atoms with Crippen LogP contribution in [0.3, 0.4) is 0 Å². The number of ether oxygens (including phenoxy) is 2. The molecule has 184 valence electrons. The maximum atomic E-state index is 5.66. The molecule has 0 amide bonds. The number of pyridine rings is 1. The summed E-state index contributed by atoms with van der Waals surface area (Å²) in [5, 5.41) is 6.82. The highest BCUT2D eigenvalue weighted by Crippen LogP contribution is 2.10. The van der Waals surface area contributed by atoms with Crippen molar-refractivity contribution < 1.29 is 9.47 Å². The quantitative estimate of drug-likeness (QED) is 0.153. The van der Waals surface area contributed by atoms with E-state index >= 15 is 0 Å². The van der Waals surface area contributed by atoms with Crippen molar-refractivity contribution in [2.24, 2.45) is 4.99 Å². The Bertz CT molecular complexity index is 770. The summed E-state index contributed by atoms with van der Waals surface area (Å²) in [5.41, 5.74) is 1.06. The zero-order valence-corrected chi connectivity index (χ0v) is 22.7. The van der Waals surface area contributed by atoms with E-state index < -0.39 is 0 Å². The van der Waals surface area contributed by atoms with Gasteiger partial charge < -0.3 is 25.0 Å². The van der Waals surface area contributed by atoms with Gasteiger partial charge in [0.25, 0.3) is 0 Å². The Morgan fingerprint density at radius 1 is 1.06 bits per heavy atom. The van der Waals surface area contributed by atoms with E-state index in [0.717, 1.165) is 43.3 Å². The number of aliphatic imine (C=N–C) groups is 1.